The van der Waals surface area contributed by atoms with Gasteiger partial charge >= 0.3 is 5.97 Å². The highest BCUT2D eigenvalue weighted by Crippen LogP contribution is 2.33. The molecule has 0 saturated heterocycles. The van der Waals surface area contributed by atoms with Crippen LogP contribution in [-0.2, 0) is 25.4 Å². The molecule has 1 amide bonds. The van der Waals surface area contributed by atoms with Gasteiger partial charge < -0.3 is 19.8 Å². The number of amides is 1. The minimum Gasteiger partial charge on any atom is -0.464 e. The zero-order valence-corrected chi connectivity index (χ0v) is 23.5. The third-order valence-corrected chi connectivity index (χ3v) is 7.72. The monoisotopic (exact) mass is 563 g/mol. The van der Waals surface area contributed by atoms with Crippen molar-refractivity contribution in [2.75, 3.05) is 19.1 Å². The van der Waals surface area contributed by atoms with E-state index < -0.39 is 37.4 Å². The van der Waals surface area contributed by atoms with Gasteiger partial charge in [0.25, 0.3) is 5.91 Å². The zero-order chi connectivity index (χ0) is 28.6. The summed E-state index contributed by atoms with van der Waals surface area (Å²) in [5.74, 6) is -1.52. The van der Waals surface area contributed by atoms with Crippen LogP contribution in [0.3, 0.4) is 0 Å². The Morgan fingerprint density at radius 3 is 2.62 bits per heavy atom. The third kappa shape index (κ3) is 7.81. The minimum absolute atomic E-state index is 0.122. The Morgan fingerprint density at radius 1 is 1.21 bits per heavy atom. The molecule has 0 saturated carbocycles. The molecule has 3 aromatic rings. The molecular weight excluding hydrogens is 528 g/mol. The first kappa shape index (κ1) is 30.1. The van der Waals surface area contributed by atoms with E-state index in [1.165, 1.54) is 23.1 Å². The fraction of sp³-hybridized carbons (Fsp3) is 0.480. The third-order valence-electron chi connectivity index (χ3n) is 6.10. The van der Waals surface area contributed by atoms with Gasteiger partial charge in [-0.25, -0.2) is 19.3 Å². The summed E-state index contributed by atoms with van der Waals surface area (Å²) in [4.78, 5) is 38.1. The molecule has 39 heavy (non-hydrogen) atoms. The predicted octanol–water partition coefficient (Wildman–Crippen LogP) is 3.54. The van der Waals surface area contributed by atoms with E-state index in [0.717, 1.165) is 25.0 Å². The maximum absolute atomic E-state index is 13.4. The summed E-state index contributed by atoms with van der Waals surface area (Å²) in [7, 11) is -3.11. The molecule has 1 unspecified atom stereocenters. The number of carbonyl (C=O) groups excluding carboxylic acids is 2. The van der Waals surface area contributed by atoms with Gasteiger partial charge in [-0.3, -0.25) is 19.2 Å². The number of hydrogen-bond donors (Lipinski definition) is 2. The molecule has 0 radical (unpaired) electrons. The molecule has 0 aliphatic carbocycles. The Kier molecular flexibility index (Phi) is 10.5. The van der Waals surface area contributed by atoms with E-state index in [1.54, 1.807) is 31.7 Å². The standard InChI is InChI=1S/C25H35FN7O5P/c1-5-6-7-12-37-24(35)25(3,4)33(39(36)31-23(34)18-8-10-19(26)11-9-18)16-38-17(2)13-32-15-30-20-21(27)28-14-29-22(20)32/h8-11,14-15,17,39H,5-7,12-13,16H2,1-4H3,(H2,27,28,29)(H,31,34,36)/t17-/m1/s1. The molecule has 0 bridgehead atoms. The van der Waals surface area contributed by atoms with Crippen molar-refractivity contribution >= 4 is 37.0 Å². The SMILES string of the molecule is CCCCCOC(=O)C(C)(C)N(CO[C@H](C)Cn1cnc2c(N)ncnc21)[PH](=O)NC(=O)c1ccc(F)cc1. The number of fused-ring (bicyclic) bond motifs is 1. The van der Waals surface area contributed by atoms with Crippen molar-refractivity contribution < 1.29 is 28.0 Å². The van der Waals surface area contributed by atoms with Gasteiger partial charge in [-0.05, 0) is 51.5 Å². The number of nitrogen functional groups attached to an aromatic ring is 1. The summed E-state index contributed by atoms with van der Waals surface area (Å²) in [6.07, 6.45) is 5.04. The number of carbonyl (C=O) groups is 2. The second kappa shape index (κ2) is 13.6. The molecule has 0 aliphatic rings. The summed E-state index contributed by atoms with van der Waals surface area (Å²) >= 11 is 0. The minimum atomic E-state index is -3.11. The Hall–Kier alpha value is -3.41. The molecule has 2 atom stereocenters. The van der Waals surface area contributed by atoms with Crippen molar-refractivity contribution in [3.8, 4) is 0 Å². The summed E-state index contributed by atoms with van der Waals surface area (Å²) in [5, 5.41) is 2.43. The first-order valence-corrected chi connectivity index (χ1v) is 14.0. The van der Waals surface area contributed by atoms with Gasteiger partial charge in [0.05, 0.1) is 25.6 Å². The van der Waals surface area contributed by atoms with Gasteiger partial charge in [-0.2, -0.15) is 4.67 Å². The van der Waals surface area contributed by atoms with Gasteiger partial charge in [0.15, 0.2) is 11.5 Å². The predicted molar refractivity (Wildman–Crippen MR) is 144 cm³/mol. The van der Waals surface area contributed by atoms with Crippen molar-refractivity contribution in [3.05, 3.63) is 48.3 Å². The van der Waals surface area contributed by atoms with Crippen molar-refractivity contribution in [1.82, 2.24) is 29.3 Å². The highest BCUT2D eigenvalue weighted by atomic mass is 31.1. The molecule has 0 aliphatic heterocycles. The van der Waals surface area contributed by atoms with Gasteiger partial charge in [0.1, 0.15) is 29.9 Å². The van der Waals surface area contributed by atoms with Crippen LogP contribution in [0.1, 0.15) is 57.3 Å². The number of benzene rings is 1. The van der Waals surface area contributed by atoms with Crippen molar-refractivity contribution in [2.24, 2.45) is 0 Å². The molecule has 14 heteroatoms. The van der Waals surface area contributed by atoms with E-state index in [4.69, 9.17) is 15.2 Å². The van der Waals surface area contributed by atoms with E-state index in [1.807, 2.05) is 6.92 Å². The average molecular weight is 564 g/mol. The van der Waals surface area contributed by atoms with Crippen LogP contribution in [0.5, 0.6) is 0 Å². The molecule has 0 spiro atoms. The molecule has 3 rings (SSSR count). The number of halogens is 1. The largest absolute Gasteiger partial charge is 0.464 e. The maximum atomic E-state index is 13.4. The Bertz CT molecular complexity index is 1300. The van der Waals surface area contributed by atoms with E-state index in [2.05, 4.69) is 20.0 Å². The lowest BCUT2D eigenvalue weighted by Gasteiger charge is -2.35. The van der Waals surface area contributed by atoms with Crippen LogP contribution in [0.4, 0.5) is 10.2 Å². The highest BCUT2D eigenvalue weighted by molar-refractivity contribution is 7.40. The maximum Gasteiger partial charge on any atom is 0.326 e. The first-order chi connectivity index (χ1) is 18.5. The van der Waals surface area contributed by atoms with Crippen LogP contribution in [0.25, 0.3) is 11.2 Å². The Morgan fingerprint density at radius 2 is 1.92 bits per heavy atom. The van der Waals surface area contributed by atoms with Crippen LogP contribution in [0.15, 0.2) is 36.9 Å². The van der Waals surface area contributed by atoms with Crippen molar-refractivity contribution in [2.45, 2.75) is 65.1 Å². The topological polar surface area (TPSA) is 155 Å². The van der Waals surface area contributed by atoms with Crippen LogP contribution < -0.4 is 10.8 Å². The van der Waals surface area contributed by atoms with Crippen LogP contribution in [0, 0.1) is 5.82 Å². The van der Waals surface area contributed by atoms with Crippen molar-refractivity contribution in [1.29, 1.82) is 0 Å². The average Bonchev–Trinajstić information content (AvgIpc) is 3.30. The lowest BCUT2D eigenvalue weighted by atomic mass is 10.1. The number of ether oxygens (including phenoxy) is 2. The number of unbranched alkanes of at least 4 members (excludes halogenated alkanes) is 2. The Balaban J connectivity index is 1.73. The van der Waals surface area contributed by atoms with Crippen LogP contribution >= 0.6 is 8.10 Å². The lowest BCUT2D eigenvalue weighted by molar-refractivity contribution is -0.156. The van der Waals surface area contributed by atoms with Gasteiger partial charge in [-0.1, -0.05) is 19.8 Å². The second-order valence-corrected chi connectivity index (χ2v) is 10.9. The smallest absolute Gasteiger partial charge is 0.326 e. The summed E-state index contributed by atoms with van der Waals surface area (Å²) in [6, 6.07) is 4.82. The van der Waals surface area contributed by atoms with E-state index in [-0.39, 0.29) is 24.7 Å². The molecule has 2 aromatic heterocycles. The molecular formula is C25H35FN7O5P. The molecule has 1 aromatic carbocycles. The molecule has 212 valence electrons. The van der Waals surface area contributed by atoms with Crippen LogP contribution in [-0.4, -0.2) is 61.0 Å². The molecule has 0 fully saturated rings. The van der Waals surface area contributed by atoms with Gasteiger partial charge in [0.2, 0.25) is 8.10 Å². The Labute approximate surface area is 227 Å². The number of nitrogens with one attached hydrogen (secondary N) is 1. The van der Waals surface area contributed by atoms with E-state index in [9.17, 15) is 18.5 Å². The number of nitrogens with zero attached hydrogens (tertiary/aromatic N) is 5. The first-order valence-electron chi connectivity index (χ1n) is 12.6. The van der Waals surface area contributed by atoms with Crippen LogP contribution in [0.2, 0.25) is 0 Å². The number of rotatable bonds is 14. The summed E-state index contributed by atoms with van der Waals surface area (Å²) in [5.41, 5.74) is 5.57. The summed E-state index contributed by atoms with van der Waals surface area (Å²) in [6.45, 7) is 7.23. The normalized spacial score (nSPS) is 13.4. The zero-order valence-electron chi connectivity index (χ0n) is 22.5. The number of imidazole rings is 1. The summed E-state index contributed by atoms with van der Waals surface area (Å²) < 4.78 is 41.1. The molecule has 12 nitrogen and oxygen atoms in total. The molecule has 3 N–H and O–H groups in total. The fourth-order valence-electron chi connectivity index (χ4n) is 3.68. The van der Waals surface area contributed by atoms with Gasteiger partial charge in [-0.15, -0.1) is 0 Å². The van der Waals surface area contributed by atoms with Gasteiger partial charge in [0, 0.05) is 5.56 Å². The quantitative estimate of drug-likeness (QED) is 0.129. The number of anilines is 1. The van der Waals surface area contributed by atoms with E-state index >= 15 is 0 Å². The number of esters is 1. The highest BCUT2D eigenvalue weighted by Gasteiger charge is 2.40. The lowest BCUT2D eigenvalue weighted by Crippen LogP contribution is -2.50. The number of aromatic nitrogens is 4. The number of nitrogens with two attached hydrogens (primary N) is 1. The fourth-order valence-corrected chi connectivity index (χ4v) is 4.94. The van der Waals surface area contributed by atoms with E-state index in [0.29, 0.717) is 24.1 Å². The second-order valence-electron chi connectivity index (χ2n) is 9.53. The number of hydrogen-bond acceptors (Lipinski definition) is 9. The van der Waals surface area contributed by atoms with Crippen molar-refractivity contribution in [3.63, 3.8) is 0 Å². The molecule has 2 heterocycles.